The minimum absolute atomic E-state index is 0.0171. The van der Waals surface area contributed by atoms with Gasteiger partial charge in [-0.15, -0.1) is 11.8 Å². The second-order valence-corrected chi connectivity index (χ2v) is 18.2. The molecule has 0 spiro atoms. The lowest BCUT2D eigenvalue weighted by molar-refractivity contribution is -0.142. The number of nitrogens with one attached hydrogen (secondary N) is 2. The number of hydrogen-bond donors (Lipinski definition) is 2. The minimum atomic E-state index is -4.54. The summed E-state index contributed by atoms with van der Waals surface area (Å²) in [6, 6.07) is 23.9. The highest BCUT2D eigenvalue weighted by molar-refractivity contribution is 7.98. The SMILES string of the molecule is CS(=O)(=O)c1ccc(Cl)c(C(=O)Nc2ccc(-n3nc(C(F)(F)F)cc3C3CC3)cc2)c1.CSc1ccc(Cl)c(C(=O)Nc2ccc(-n3nc(C(F)(F)F)cc3C3CC3)cc2)c1. The third-order valence-corrected chi connectivity index (χ3v) is 12.3. The first-order chi connectivity index (χ1) is 29.2. The van der Waals surface area contributed by atoms with E-state index in [-0.39, 0.29) is 33.2 Å². The van der Waals surface area contributed by atoms with E-state index < -0.39 is 39.5 Å². The van der Waals surface area contributed by atoms with Gasteiger partial charge in [-0.05, 0) is 129 Å². The molecule has 2 aliphatic rings. The van der Waals surface area contributed by atoms with Crippen LogP contribution in [0, 0.1) is 0 Å². The van der Waals surface area contributed by atoms with Crippen LogP contribution in [0.2, 0.25) is 10.0 Å². The Labute approximate surface area is 365 Å². The smallest absolute Gasteiger partial charge is 0.322 e. The van der Waals surface area contributed by atoms with Crippen molar-refractivity contribution in [3.63, 3.8) is 0 Å². The second kappa shape index (κ2) is 17.5. The molecule has 2 fully saturated rings. The van der Waals surface area contributed by atoms with Crippen molar-refractivity contribution in [3.05, 3.63) is 141 Å². The van der Waals surface area contributed by atoms with E-state index in [4.69, 9.17) is 23.2 Å². The highest BCUT2D eigenvalue weighted by Crippen LogP contribution is 2.44. The van der Waals surface area contributed by atoms with Gasteiger partial charge in [-0.25, -0.2) is 17.8 Å². The Kier molecular flexibility index (Phi) is 12.6. The number of thioether (sulfide) groups is 1. The van der Waals surface area contributed by atoms with Crippen molar-refractivity contribution in [2.45, 2.75) is 59.7 Å². The van der Waals surface area contributed by atoms with Crippen LogP contribution in [0.5, 0.6) is 0 Å². The Morgan fingerprint density at radius 1 is 0.645 bits per heavy atom. The number of aromatic nitrogens is 4. The molecule has 10 nitrogen and oxygen atoms in total. The lowest BCUT2D eigenvalue weighted by Crippen LogP contribution is -2.13. The van der Waals surface area contributed by atoms with Gasteiger partial charge in [0.15, 0.2) is 21.2 Å². The molecule has 324 valence electrons. The summed E-state index contributed by atoms with van der Waals surface area (Å²) >= 11 is 13.7. The largest absolute Gasteiger partial charge is 0.435 e. The number of carbonyl (C=O) groups excluding carboxylic acids is 2. The first kappa shape index (κ1) is 44.7. The molecule has 0 atom stereocenters. The molecule has 0 radical (unpaired) electrons. The fraction of sp³-hybridized carbons (Fsp3) is 0.238. The molecule has 0 unspecified atom stereocenters. The van der Waals surface area contributed by atoms with Crippen LogP contribution in [0.3, 0.4) is 0 Å². The average Bonchev–Trinajstić information content (AvgIpc) is 4.15. The van der Waals surface area contributed by atoms with Crippen LogP contribution in [0.4, 0.5) is 37.7 Å². The number of alkyl halides is 6. The van der Waals surface area contributed by atoms with Gasteiger partial charge in [-0.3, -0.25) is 9.59 Å². The van der Waals surface area contributed by atoms with Gasteiger partial charge in [-0.2, -0.15) is 36.5 Å². The summed E-state index contributed by atoms with van der Waals surface area (Å²) in [5.41, 5.74) is 1.34. The van der Waals surface area contributed by atoms with Gasteiger partial charge in [0.25, 0.3) is 11.8 Å². The molecule has 0 bridgehead atoms. The third kappa shape index (κ3) is 10.5. The second-order valence-electron chi connectivity index (χ2n) is 14.5. The van der Waals surface area contributed by atoms with Crippen LogP contribution in [-0.2, 0) is 22.2 Å². The number of carbonyl (C=O) groups is 2. The van der Waals surface area contributed by atoms with Gasteiger partial charge in [0.2, 0.25) is 0 Å². The Balaban J connectivity index is 0.000000187. The number of nitrogens with zero attached hydrogens (tertiary/aromatic N) is 4. The van der Waals surface area contributed by atoms with Gasteiger partial charge in [0.05, 0.1) is 37.4 Å². The van der Waals surface area contributed by atoms with E-state index in [1.54, 1.807) is 48.5 Å². The van der Waals surface area contributed by atoms with Crippen LogP contribution >= 0.6 is 35.0 Å². The minimum Gasteiger partial charge on any atom is -0.322 e. The van der Waals surface area contributed by atoms with Crippen molar-refractivity contribution < 1.29 is 44.3 Å². The Hall–Kier alpha value is -5.30. The highest BCUT2D eigenvalue weighted by Gasteiger charge is 2.39. The maximum atomic E-state index is 13.1. The summed E-state index contributed by atoms with van der Waals surface area (Å²) in [5, 5.41) is 13.3. The molecule has 2 aliphatic carbocycles. The van der Waals surface area contributed by atoms with Crippen LogP contribution in [-0.4, -0.2) is 52.3 Å². The molecule has 6 aromatic rings. The normalized spacial score (nSPS) is 14.2. The number of amides is 2. The zero-order chi connectivity index (χ0) is 44.7. The van der Waals surface area contributed by atoms with E-state index in [1.165, 1.54) is 51.5 Å². The summed E-state index contributed by atoms with van der Waals surface area (Å²) in [6.07, 6.45) is -2.78. The molecule has 20 heteroatoms. The van der Waals surface area contributed by atoms with Gasteiger partial charge in [0.1, 0.15) is 0 Å². The predicted octanol–water partition coefficient (Wildman–Crippen LogP) is 11.5. The van der Waals surface area contributed by atoms with E-state index in [0.29, 0.717) is 44.7 Å². The summed E-state index contributed by atoms with van der Waals surface area (Å²) < 4.78 is 105. The van der Waals surface area contributed by atoms with Gasteiger partial charge in [-0.1, -0.05) is 23.2 Å². The van der Waals surface area contributed by atoms with Crippen molar-refractivity contribution in [1.29, 1.82) is 0 Å². The zero-order valence-corrected chi connectivity index (χ0v) is 35.6. The summed E-state index contributed by atoms with van der Waals surface area (Å²) in [4.78, 5) is 26.0. The number of anilines is 2. The topological polar surface area (TPSA) is 128 Å². The van der Waals surface area contributed by atoms with E-state index in [0.717, 1.165) is 49.0 Å². The number of sulfone groups is 1. The van der Waals surface area contributed by atoms with Gasteiger partial charge in [0, 0.05) is 45.7 Å². The van der Waals surface area contributed by atoms with Gasteiger partial charge < -0.3 is 10.6 Å². The molecular formula is C42H34Cl2F6N6O4S2. The first-order valence-corrected chi connectivity index (χ1v) is 22.6. The van der Waals surface area contributed by atoms with Crippen LogP contribution in [0.1, 0.15) is 81.0 Å². The van der Waals surface area contributed by atoms with E-state index in [1.807, 2.05) is 12.3 Å². The predicted molar refractivity (Wildman–Crippen MR) is 225 cm³/mol. The number of hydrogen-bond acceptors (Lipinski definition) is 7. The Morgan fingerprint density at radius 3 is 1.42 bits per heavy atom. The van der Waals surface area contributed by atoms with E-state index >= 15 is 0 Å². The molecule has 4 aromatic carbocycles. The summed E-state index contributed by atoms with van der Waals surface area (Å²) in [5.74, 6) is -0.841. The van der Waals surface area contributed by atoms with Gasteiger partial charge >= 0.3 is 12.4 Å². The molecule has 2 aromatic heterocycles. The van der Waals surface area contributed by atoms with Crippen molar-refractivity contribution in [2.75, 3.05) is 23.1 Å². The lowest BCUT2D eigenvalue weighted by Gasteiger charge is -2.10. The first-order valence-electron chi connectivity index (χ1n) is 18.7. The molecule has 0 aliphatic heterocycles. The van der Waals surface area contributed by atoms with Crippen molar-refractivity contribution in [3.8, 4) is 11.4 Å². The van der Waals surface area contributed by atoms with Crippen molar-refractivity contribution >= 4 is 68.0 Å². The standard InChI is InChI=1S/C21H17ClF3N3O3S.C21H17ClF3N3OS/c1-32(30,31)15-8-9-17(22)16(10-15)20(29)26-13-4-6-14(7-5-13)28-18(12-2-3-12)11-19(27-28)21(23,24)25;1-30-15-8-9-17(22)16(10-15)20(29)26-13-4-6-14(7-5-13)28-18(12-2-3-12)11-19(27-28)21(23,24)25/h4-12H,2-3H2,1H3,(H,26,29);4-12H,2-3H2,1H3,(H,26,29). The fourth-order valence-electron chi connectivity index (χ4n) is 6.30. The highest BCUT2D eigenvalue weighted by atomic mass is 35.5. The molecule has 62 heavy (non-hydrogen) atoms. The van der Waals surface area contributed by atoms with Crippen molar-refractivity contribution in [1.82, 2.24) is 19.6 Å². The Bertz CT molecular complexity index is 2770. The summed E-state index contributed by atoms with van der Waals surface area (Å²) in [6.45, 7) is 0. The summed E-state index contributed by atoms with van der Waals surface area (Å²) in [7, 11) is -3.53. The average molecular weight is 936 g/mol. The number of halogens is 8. The molecule has 2 saturated carbocycles. The molecular weight excluding hydrogens is 902 g/mol. The number of benzene rings is 4. The van der Waals surface area contributed by atoms with Crippen LogP contribution < -0.4 is 10.6 Å². The molecule has 8 rings (SSSR count). The van der Waals surface area contributed by atoms with Crippen LogP contribution in [0.15, 0.2) is 107 Å². The molecule has 0 saturated heterocycles. The fourth-order valence-corrected chi connectivity index (χ4v) is 7.80. The molecule has 2 N–H and O–H groups in total. The third-order valence-electron chi connectivity index (χ3n) is 9.81. The van der Waals surface area contributed by atoms with Crippen LogP contribution in [0.25, 0.3) is 11.4 Å². The zero-order valence-electron chi connectivity index (χ0n) is 32.5. The Morgan fingerprint density at radius 2 is 1.05 bits per heavy atom. The quantitative estimate of drug-likeness (QED) is 0.103. The van der Waals surface area contributed by atoms with Crippen molar-refractivity contribution in [2.24, 2.45) is 0 Å². The van der Waals surface area contributed by atoms with E-state index in [2.05, 4.69) is 20.8 Å². The maximum Gasteiger partial charge on any atom is 0.435 e. The monoisotopic (exact) mass is 934 g/mol. The van der Waals surface area contributed by atoms with E-state index in [9.17, 15) is 44.3 Å². The lowest BCUT2D eigenvalue weighted by atomic mass is 10.2. The molecule has 2 heterocycles. The maximum absolute atomic E-state index is 13.1. The number of rotatable bonds is 10. The molecule has 2 amide bonds.